The van der Waals surface area contributed by atoms with Crippen LogP contribution in [0.25, 0.3) is 0 Å². The zero-order valence-electron chi connectivity index (χ0n) is 15.1. The topological polar surface area (TPSA) is 80.0 Å². The number of aromatic nitrogens is 2. The summed E-state index contributed by atoms with van der Waals surface area (Å²) in [7, 11) is 0. The molecule has 0 spiro atoms. The van der Waals surface area contributed by atoms with Gasteiger partial charge < -0.3 is 15.1 Å². The van der Waals surface area contributed by atoms with Gasteiger partial charge in [-0.3, -0.25) is 4.79 Å². The molecule has 1 amide bonds. The highest BCUT2D eigenvalue weighted by molar-refractivity contribution is 6.03. The molecular weight excluding hydrogens is 328 g/mol. The maximum absolute atomic E-state index is 12.7. The van der Waals surface area contributed by atoms with E-state index >= 15 is 0 Å². The molecule has 0 radical (unpaired) electrons. The molecule has 6 nitrogen and oxygen atoms in total. The van der Waals surface area contributed by atoms with E-state index in [0.717, 1.165) is 22.6 Å². The van der Waals surface area contributed by atoms with Crippen molar-refractivity contribution >= 4 is 17.5 Å². The van der Waals surface area contributed by atoms with Crippen molar-refractivity contribution in [3.8, 4) is 0 Å². The molecule has 2 aromatic heterocycles. The first kappa shape index (κ1) is 17.7. The van der Waals surface area contributed by atoms with E-state index in [-0.39, 0.29) is 5.91 Å². The van der Waals surface area contributed by atoms with E-state index in [0.29, 0.717) is 24.1 Å². The molecule has 0 fully saturated rings. The van der Waals surface area contributed by atoms with Crippen LogP contribution in [0.2, 0.25) is 0 Å². The Morgan fingerprint density at radius 2 is 2.04 bits per heavy atom. The van der Waals surface area contributed by atoms with Crippen LogP contribution < -0.4 is 10.6 Å². The van der Waals surface area contributed by atoms with E-state index in [4.69, 9.17) is 4.42 Å². The average molecular weight is 350 g/mol. The number of furan rings is 1. The number of nitrogens with zero attached hydrogens (tertiary/aromatic N) is 2. The van der Waals surface area contributed by atoms with Crippen molar-refractivity contribution in [3.63, 3.8) is 0 Å². The Morgan fingerprint density at radius 1 is 1.19 bits per heavy atom. The summed E-state index contributed by atoms with van der Waals surface area (Å²) in [6.45, 7) is 6.64. The molecule has 6 heteroatoms. The maximum atomic E-state index is 12.7. The third kappa shape index (κ3) is 4.08. The van der Waals surface area contributed by atoms with Crippen LogP contribution in [-0.2, 0) is 6.54 Å². The molecule has 0 unspecified atom stereocenters. The number of hydrogen-bond acceptors (Lipinski definition) is 5. The molecule has 0 aliphatic heterocycles. The lowest BCUT2D eigenvalue weighted by Gasteiger charge is -2.16. The second-order valence-electron chi connectivity index (χ2n) is 6.35. The van der Waals surface area contributed by atoms with Crippen LogP contribution in [0.15, 0.2) is 53.3 Å². The van der Waals surface area contributed by atoms with Crippen LogP contribution in [0, 0.1) is 6.92 Å². The Labute approximate surface area is 152 Å². The van der Waals surface area contributed by atoms with Gasteiger partial charge in [-0.1, -0.05) is 32.0 Å². The van der Waals surface area contributed by atoms with Gasteiger partial charge in [0.15, 0.2) is 0 Å². The number of benzene rings is 1. The summed E-state index contributed by atoms with van der Waals surface area (Å²) >= 11 is 0. The molecule has 0 aliphatic carbocycles. The first-order valence-corrected chi connectivity index (χ1v) is 8.54. The standard InChI is InChI=1S/C20H22N4O2/c1-13(2)16-8-4-6-14(3)18(16)24-19(25)17-9-10-21-20(23-17)22-12-15-7-5-11-26-15/h4-11,13H,12H2,1-3H3,(H,24,25)(H,21,22,23). The number of carbonyl (C=O) groups is 1. The molecule has 26 heavy (non-hydrogen) atoms. The van der Waals surface area contributed by atoms with Gasteiger partial charge in [0.05, 0.1) is 12.8 Å². The van der Waals surface area contributed by atoms with Crippen molar-refractivity contribution < 1.29 is 9.21 Å². The van der Waals surface area contributed by atoms with Crippen molar-refractivity contribution in [2.24, 2.45) is 0 Å². The molecule has 0 bridgehead atoms. The minimum atomic E-state index is -0.260. The van der Waals surface area contributed by atoms with E-state index in [9.17, 15) is 4.79 Å². The van der Waals surface area contributed by atoms with Crippen molar-refractivity contribution in [2.45, 2.75) is 33.2 Å². The molecule has 0 aliphatic rings. The molecule has 2 N–H and O–H groups in total. The van der Waals surface area contributed by atoms with Crippen molar-refractivity contribution in [3.05, 3.63) is 71.4 Å². The van der Waals surface area contributed by atoms with Gasteiger partial charge in [0.25, 0.3) is 5.91 Å². The second-order valence-corrected chi connectivity index (χ2v) is 6.35. The summed E-state index contributed by atoms with van der Waals surface area (Å²) in [6, 6.07) is 11.3. The number of amides is 1. The molecular formula is C20H22N4O2. The van der Waals surface area contributed by atoms with Gasteiger partial charge in [0.2, 0.25) is 5.95 Å². The predicted molar refractivity (Wildman–Crippen MR) is 101 cm³/mol. The van der Waals surface area contributed by atoms with Gasteiger partial charge in [-0.25, -0.2) is 9.97 Å². The van der Waals surface area contributed by atoms with E-state index < -0.39 is 0 Å². The van der Waals surface area contributed by atoms with Crippen molar-refractivity contribution in [1.82, 2.24) is 9.97 Å². The minimum absolute atomic E-state index is 0.260. The van der Waals surface area contributed by atoms with Crippen LogP contribution in [0.3, 0.4) is 0 Å². The van der Waals surface area contributed by atoms with Crippen LogP contribution in [0.1, 0.15) is 47.1 Å². The van der Waals surface area contributed by atoms with Crippen LogP contribution in [0.4, 0.5) is 11.6 Å². The fourth-order valence-electron chi connectivity index (χ4n) is 2.67. The average Bonchev–Trinajstić information content (AvgIpc) is 3.15. The van der Waals surface area contributed by atoms with Crippen LogP contribution in [-0.4, -0.2) is 15.9 Å². The maximum Gasteiger partial charge on any atom is 0.274 e. The molecule has 3 rings (SSSR count). The smallest absolute Gasteiger partial charge is 0.274 e. The third-order valence-electron chi connectivity index (χ3n) is 4.05. The van der Waals surface area contributed by atoms with E-state index in [1.165, 1.54) is 0 Å². The number of para-hydroxylation sites is 1. The summed E-state index contributed by atoms with van der Waals surface area (Å²) in [6.07, 6.45) is 3.17. The highest BCUT2D eigenvalue weighted by Crippen LogP contribution is 2.27. The molecule has 3 aromatic rings. The zero-order chi connectivity index (χ0) is 18.5. The van der Waals surface area contributed by atoms with Gasteiger partial charge in [0.1, 0.15) is 11.5 Å². The van der Waals surface area contributed by atoms with Gasteiger partial charge in [0, 0.05) is 11.9 Å². The lowest BCUT2D eigenvalue weighted by atomic mass is 9.98. The SMILES string of the molecule is Cc1cccc(C(C)C)c1NC(=O)c1ccnc(NCc2ccco2)n1. The number of aryl methyl sites for hydroxylation is 1. The Hall–Kier alpha value is -3.15. The minimum Gasteiger partial charge on any atom is -0.467 e. The van der Waals surface area contributed by atoms with Gasteiger partial charge in [-0.2, -0.15) is 0 Å². The summed E-state index contributed by atoms with van der Waals surface area (Å²) in [5, 5.41) is 6.05. The summed E-state index contributed by atoms with van der Waals surface area (Å²) in [5.74, 6) is 1.19. The fourth-order valence-corrected chi connectivity index (χ4v) is 2.67. The quantitative estimate of drug-likeness (QED) is 0.690. The monoisotopic (exact) mass is 350 g/mol. The van der Waals surface area contributed by atoms with Gasteiger partial charge in [-0.15, -0.1) is 0 Å². The normalized spacial score (nSPS) is 10.8. The summed E-state index contributed by atoms with van der Waals surface area (Å²) in [5.41, 5.74) is 3.27. The second kappa shape index (κ2) is 7.82. The molecule has 2 heterocycles. The van der Waals surface area contributed by atoms with Crippen molar-refractivity contribution in [2.75, 3.05) is 10.6 Å². The lowest BCUT2D eigenvalue weighted by molar-refractivity contribution is 0.102. The van der Waals surface area contributed by atoms with Gasteiger partial charge in [-0.05, 0) is 42.2 Å². The lowest BCUT2D eigenvalue weighted by Crippen LogP contribution is -2.17. The molecule has 0 saturated carbocycles. The Morgan fingerprint density at radius 3 is 2.77 bits per heavy atom. The Bertz CT molecular complexity index is 889. The molecule has 0 atom stereocenters. The first-order chi connectivity index (χ1) is 12.5. The summed E-state index contributed by atoms with van der Waals surface area (Å²) in [4.78, 5) is 21.1. The number of carbonyl (C=O) groups excluding carboxylic acids is 1. The number of nitrogens with one attached hydrogen (secondary N) is 2. The largest absolute Gasteiger partial charge is 0.467 e. The Kier molecular flexibility index (Phi) is 5.31. The molecule has 0 saturated heterocycles. The van der Waals surface area contributed by atoms with E-state index in [1.807, 2.05) is 37.3 Å². The fraction of sp³-hybridized carbons (Fsp3) is 0.250. The Balaban J connectivity index is 1.75. The van der Waals surface area contributed by atoms with Gasteiger partial charge >= 0.3 is 0 Å². The van der Waals surface area contributed by atoms with Crippen LogP contribution in [0.5, 0.6) is 0 Å². The highest BCUT2D eigenvalue weighted by Gasteiger charge is 2.15. The third-order valence-corrected chi connectivity index (χ3v) is 4.05. The molecule has 134 valence electrons. The van der Waals surface area contributed by atoms with Crippen molar-refractivity contribution in [1.29, 1.82) is 0 Å². The zero-order valence-corrected chi connectivity index (χ0v) is 15.1. The van der Waals surface area contributed by atoms with E-state index in [2.05, 4.69) is 34.4 Å². The highest BCUT2D eigenvalue weighted by atomic mass is 16.3. The predicted octanol–water partition coefficient (Wildman–Crippen LogP) is 4.37. The number of hydrogen-bond donors (Lipinski definition) is 2. The van der Waals surface area contributed by atoms with E-state index in [1.54, 1.807) is 18.5 Å². The molecule has 1 aromatic carbocycles. The first-order valence-electron chi connectivity index (χ1n) is 8.54. The summed E-state index contributed by atoms with van der Waals surface area (Å²) < 4.78 is 5.26. The van der Waals surface area contributed by atoms with Crippen LogP contribution >= 0.6 is 0 Å². The number of rotatable bonds is 6. The number of anilines is 2.